The summed E-state index contributed by atoms with van der Waals surface area (Å²) >= 11 is 0. The van der Waals surface area contributed by atoms with Crippen molar-refractivity contribution in [2.75, 3.05) is 0 Å². The van der Waals surface area contributed by atoms with Gasteiger partial charge in [0.05, 0.1) is 5.92 Å². The molecule has 158 valence electrons. The number of carboxylic acid groups (broad SMARTS) is 1. The molecule has 2 nitrogen and oxygen atoms in total. The van der Waals surface area contributed by atoms with E-state index in [0.717, 1.165) is 12.3 Å². The second-order valence-electron chi connectivity index (χ2n) is 9.40. The van der Waals surface area contributed by atoms with Gasteiger partial charge in [-0.1, -0.05) is 101 Å². The zero-order chi connectivity index (χ0) is 20.9. The van der Waals surface area contributed by atoms with Crippen LogP contribution in [0, 0.1) is 23.7 Å². The van der Waals surface area contributed by atoms with Gasteiger partial charge in [0, 0.05) is 5.41 Å². The number of aliphatic carboxylic acids is 1. The third-order valence-electron chi connectivity index (χ3n) is 7.41. The minimum atomic E-state index is -0.759. The first kappa shape index (κ1) is 21.9. The first-order chi connectivity index (χ1) is 14.0. The lowest BCUT2D eigenvalue weighted by atomic mass is 9.60. The monoisotopic (exact) mass is 394 g/mol. The molecule has 1 saturated carbocycles. The van der Waals surface area contributed by atoms with Gasteiger partial charge in [-0.15, -0.1) is 0 Å². The molecule has 0 saturated heterocycles. The molecule has 0 radical (unpaired) electrons. The summed E-state index contributed by atoms with van der Waals surface area (Å²) < 4.78 is 0. The van der Waals surface area contributed by atoms with Gasteiger partial charge in [0.15, 0.2) is 0 Å². The molecule has 0 amide bonds. The summed E-state index contributed by atoms with van der Waals surface area (Å²) in [5.74, 6) is 0.812. The number of allylic oxidation sites excluding steroid dienone is 2. The van der Waals surface area contributed by atoms with Crippen molar-refractivity contribution in [3.8, 4) is 0 Å². The number of carboxylic acids is 1. The van der Waals surface area contributed by atoms with Gasteiger partial charge < -0.3 is 5.11 Å². The highest BCUT2D eigenvalue weighted by Crippen LogP contribution is 2.48. The molecule has 2 aliphatic carbocycles. The smallest absolute Gasteiger partial charge is 0.314 e. The number of carbonyl (C=O) groups is 1. The van der Waals surface area contributed by atoms with Gasteiger partial charge in [0.25, 0.3) is 0 Å². The number of hydrogen-bond acceptors (Lipinski definition) is 1. The predicted octanol–water partition coefficient (Wildman–Crippen LogP) is 6.95. The Labute approximate surface area is 177 Å². The Hall–Kier alpha value is -1.83. The molecule has 0 unspecified atom stereocenters. The zero-order valence-corrected chi connectivity index (χ0v) is 18.4. The lowest BCUT2D eigenvalue weighted by Gasteiger charge is -2.43. The Morgan fingerprint density at radius 2 is 1.76 bits per heavy atom. The lowest BCUT2D eigenvalue weighted by molar-refractivity contribution is -0.138. The minimum Gasteiger partial charge on any atom is -0.481 e. The van der Waals surface area contributed by atoms with Crippen LogP contribution in [-0.2, 0) is 16.6 Å². The van der Waals surface area contributed by atoms with Crippen molar-refractivity contribution in [2.24, 2.45) is 23.7 Å². The van der Waals surface area contributed by atoms with E-state index < -0.39 is 11.9 Å². The van der Waals surface area contributed by atoms with Gasteiger partial charge in [-0.25, -0.2) is 0 Å². The molecule has 0 aliphatic heterocycles. The quantitative estimate of drug-likeness (QED) is 0.485. The predicted molar refractivity (Wildman–Crippen MR) is 121 cm³/mol. The fourth-order valence-corrected chi connectivity index (χ4v) is 5.46. The molecule has 0 heterocycles. The van der Waals surface area contributed by atoms with Crippen LogP contribution < -0.4 is 0 Å². The normalized spacial score (nSPS) is 30.2. The van der Waals surface area contributed by atoms with Gasteiger partial charge in [0.1, 0.15) is 0 Å². The molecule has 29 heavy (non-hydrogen) atoms. The van der Waals surface area contributed by atoms with Crippen molar-refractivity contribution < 1.29 is 9.90 Å². The summed E-state index contributed by atoms with van der Waals surface area (Å²) in [6.07, 6.45) is 18.3. The van der Waals surface area contributed by atoms with E-state index >= 15 is 0 Å². The summed E-state index contributed by atoms with van der Waals surface area (Å²) in [5, 5.41) is 9.49. The van der Waals surface area contributed by atoms with Crippen LogP contribution in [0.3, 0.4) is 0 Å². The molecule has 1 fully saturated rings. The molecule has 2 aliphatic rings. The highest BCUT2D eigenvalue weighted by molar-refractivity contribution is 5.75. The summed E-state index contributed by atoms with van der Waals surface area (Å²) in [4.78, 5) is 11.5. The Morgan fingerprint density at radius 3 is 2.34 bits per heavy atom. The number of hydrogen-bond donors (Lipinski definition) is 1. The van der Waals surface area contributed by atoms with E-state index in [1.165, 1.54) is 56.1 Å². The maximum Gasteiger partial charge on any atom is 0.314 e. The Bertz CT molecular complexity index is 723. The van der Waals surface area contributed by atoms with Crippen molar-refractivity contribution in [3.05, 3.63) is 59.7 Å². The van der Waals surface area contributed by atoms with Gasteiger partial charge in [-0.05, 0) is 48.1 Å². The van der Waals surface area contributed by atoms with Gasteiger partial charge in [-0.3, -0.25) is 4.79 Å². The molecule has 1 atom stereocenters. The maximum absolute atomic E-state index is 11.5. The summed E-state index contributed by atoms with van der Waals surface area (Å²) in [5.41, 5.74) is 2.67. The average molecular weight is 395 g/mol. The van der Waals surface area contributed by atoms with E-state index in [4.69, 9.17) is 0 Å². The van der Waals surface area contributed by atoms with E-state index in [-0.39, 0.29) is 5.41 Å². The van der Waals surface area contributed by atoms with Gasteiger partial charge in [0.2, 0.25) is 0 Å². The highest BCUT2D eigenvalue weighted by Gasteiger charge is 2.41. The van der Waals surface area contributed by atoms with Gasteiger partial charge in [-0.2, -0.15) is 0 Å². The fraction of sp³-hybridized carbons (Fsp3) is 0.593. The van der Waals surface area contributed by atoms with Crippen molar-refractivity contribution in [1.29, 1.82) is 0 Å². The highest BCUT2D eigenvalue weighted by atomic mass is 16.4. The largest absolute Gasteiger partial charge is 0.481 e. The van der Waals surface area contributed by atoms with Crippen molar-refractivity contribution in [2.45, 2.75) is 77.6 Å². The molecule has 1 aromatic rings. The Kier molecular flexibility index (Phi) is 7.38. The van der Waals surface area contributed by atoms with E-state index in [1.54, 1.807) is 0 Å². The maximum atomic E-state index is 11.5. The molecular formula is C27H38O2. The van der Waals surface area contributed by atoms with E-state index in [2.05, 4.69) is 57.2 Å². The number of benzene rings is 1. The van der Waals surface area contributed by atoms with Gasteiger partial charge >= 0.3 is 5.97 Å². The second-order valence-corrected chi connectivity index (χ2v) is 9.40. The molecule has 2 heteroatoms. The van der Waals surface area contributed by atoms with E-state index in [0.29, 0.717) is 11.8 Å². The van der Waals surface area contributed by atoms with E-state index in [9.17, 15) is 9.90 Å². The van der Waals surface area contributed by atoms with Crippen molar-refractivity contribution >= 4 is 5.97 Å². The summed E-state index contributed by atoms with van der Waals surface area (Å²) in [6.45, 7) is 6.87. The van der Waals surface area contributed by atoms with Crippen LogP contribution in [0.25, 0.3) is 0 Å². The molecule has 1 aromatic carbocycles. The van der Waals surface area contributed by atoms with Crippen LogP contribution in [0.5, 0.6) is 0 Å². The SMILES string of the molecule is CCCC1CCC(C2(c3ccccc3C[C@@H](C)CC)C=CC(C(=O)O)C=C2)CC1. The summed E-state index contributed by atoms with van der Waals surface area (Å²) in [6, 6.07) is 8.90. The molecule has 0 spiro atoms. The average Bonchev–Trinajstić information content (AvgIpc) is 2.75. The van der Waals surface area contributed by atoms with Crippen LogP contribution in [-0.4, -0.2) is 11.1 Å². The molecule has 0 aromatic heterocycles. The Morgan fingerprint density at radius 1 is 1.10 bits per heavy atom. The second kappa shape index (κ2) is 9.78. The molecular weight excluding hydrogens is 356 g/mol. The first-order valence-electron chi connectivity index (χ1n) is 11.7. The fourth-order valence-electron chi connectivity index (χ4n) is 5.46. The number of rotatable bonds is 8. The zero-order valence-electron chi connectivity index (χ0n) is 18.4. The van der Waals surface area contributed by atoms with E-state index in [1.807, 2.05) is 12.2 Å². The summed E-state index contributed by atoms with van der Waals surface area (Å²) in [7, 11) is 0. The van der Waals surface area contributed by atoms with Crippen LogP contribution in [0.2, 0.25) is 0 Å². The lowest BCUT2D eigenvalue weighted by Crippen LogP contribution is -2.37. The minimum absolute atomic E-state index is 0.160. The molecule has 1 N–H and O–H groups in total. The molecule has 0 bridgehead atoms. The van der Waals surface area contributed by atoms with Crippen LogP contribution in [0.15, 0.2) is 48.6 Å². The third kappa shape index (κ3) is 4.85. The van der Waals surface area contributed by atoms with Crippen molar-refractivity contribution in [1.82, 2.24) is 0 Å². The van der Waals surface area contributed by atoms with Crippen LogP contribution >= 0.6 is 0 Å². The first-order valence-corrected chi connectivity index (χ1v) is 11.7. The third-order valence-corrected chi connectivity index (χ3v) is 7.41. The standard InChI is InChI=1S/C27H38O2/c1-4-8-21-11-13-24(14-12-21)27(17-15-22(16-18-27)26(28)29)25-10-7-6-9-23(25)19-20(3)5-2/h6-7,9-10,15-18,20-22,24H,4-5,8,11-14,19H2,1-3H3,(H,28,29)/t20-,21?,22?,24?,27?/m0/s1. The van der Waals surface area contributed by atoms with Crippen LogP contribution in [0.4, 0.5) is 0 Å². The van der Waals surface area contributed by atoms with Crippen LogP contribution in [0.1, 0.15) is 76.8 Å². The Balaban J connectivity index is 1.97. The topological polar surface area (TPSA) is 37.3 Å². The van der Waals surface area contributed by atoms with Crippen molar-refractivity contribution in [3.63, 3.8) is 0 Å². The molecule has 3 rings (SSSR count).